The van der Waals surface area contributed by atoms with Crippen molar-refractivity contribution in [2.45, 2.75) is 18.6 Å². The second kappa shape index (κ2) is 5.01. The third-order valence-corrected chi connectivity index (χ3v) is 3.56. The molecule has 0 saturated heterocycles. The van der Waals surface area contributed by atoms with E-state index >= 15 is 0 Å². The highest BCUT2D eigenvalue weighted by Gasteiger charge is 2.24. The van der Waals surface area contributed by atoms with Crippen LogP contribution in [0.1, 0.15) is 18.4 Å². The Labute approximate surface area is 108 Å². The summed E-state index contributed by atoms with van der Waals surface area (Å²) in [6, 6.07) is 1.58. The van der Waals surface area contributed by atoms with E-state index in [2.05, 4.69) is 0 Å². The maximum atomic E-state index is 13.6. The van der Waals surface area contributed by atoms with Gasteiger partial charge in [-0.05, 0) is 24.8 Å². The molecule has 0 heterocycles. The summed E-state index contributed by atoms with van der Waals surface area (Å²) in [6.07, 6.45) is 2.01. The Kier molecular flexibility index (Phi) is 3.77. The summed E-state index contributed by atoms with van der Waals surface area (Å²) in [4.78, 5) is 0. The molecule has 7 heteroatoms. The van der Waals surface area contributed by atoms with Crippen molar-refractivity contribution in [3.63, 3.8) is 0 Å². The van der Waals surface area contributed by atoms with Crippen molar-refractivity contribution in [3.8, 4) is 5.75 Å². The van der Waals surface area contributed by atoms with Gasteiger partial charge in [-0.15, -0.1) is 0 Å². The average molecular weight is 297 g/mol. The van der Waals surface area contributed by atoms with Crippen LogP contribution in [0.25, 0.3) is 0 Å². The highest BCUT2D eigenvalue weighted by molar-refractivity contribution is 8.13. The summed E-state index contributed by atoms with van der Waals surface area (Å²) in [5.74, 6) is -2.29. The lowest BCUT2D eigenvalue weighted by atomic mass is 10.2. The van der Waals surface area contributed by atoms with Crippen LogP contribution in [0.2, 0.25) is 0 Å². The van der Waals surface area contributed by atoms with Crippen LogP contribution in [0.15, 0.2) is 12.1 Å². The molecule has 18 heavy (non-hydrogen) atoms. The predicted octanol–water partition coefficient (Wildman–Crippen LogP) is 2.82. The van der Waals surface area contributed by atoms with E-state index in [0.29, 0.717) is 18.6 Å². The molecule has 0 bridgehead atoms. The van der Waals surface area contributed by atoms with Gasteiger partial charge in [0.25, 0.3) is 0 Å². The minimum atomic E-state index is -3.90. The van der Waals surface area contributed by atoms with E-state index in [1.807, 2.05) is 0 Å². The lowest BCUT2D eigenvalue weighted by molar-refractivity contribution is 0.282. The van der Waals surface area contributed by atoms with Gasteiger partial charge in [0.1, 0.15) is 5.82 Å². The molecule has 1 saturated carbocycles. The van der Waals surface area contributed by atoms with Crippen molar-refractivity contribution >= 4 is 19.7 Å². The fourth-order valence-electron chi connectivity index (χ4n) is 1.55. The number of ether oxygens (including phenoxy) is 1. The highest BCUT2D eigenvalue weighted by Crippen LogP contribution is 2.32. The van der Waals surface area contributed by atoms with Crippen molar-refractivity contribution in [2.75, 3.05) is 6.61 Å². The summed E-state index contributed by atoms with van der Waals surface area (Å²) < 4.78 is 53.8. The van der Waals surface area contributed by atoms with E-state index in [-0.39, 0.29) is 11.3 Å². The summed E-state index contributed by atoms with van der Waals surface area (Å²) in [5.41, 5.74) is -0.0943. The van der Waals surface area contributed by atoms with Gasteiger partial charge in [-0.25, -0.2) is 17.2 Å². The molecule has 0 N–H and O–H groups in total. The molecular weight excluding hydrogens is 286 g/mol. The lowest BCUT2D eigenvalue weighted by Gasteiger charge is -2.11. The van der Waals surface area contributed by atoms with Crippen LogP contribution in [-0.4, -0.2) is 15.0 Å². The number of halogens is 3. The Morgan fingerprint density at radius 2 is 2.00 bits per heavy atom. The first-order chi connectivity index (χ1) is 8.35. The molecule has 0 unspecified atom stereocenters. The quantitative estimate of drug-likeness (QED) is 0.785. The monoisotopic (exact) mass is 296 g/mol. The SMILES string of the molecule is O=S(=O)(Cl)Cc1cc(F)cc(F)c1OCC1CC1. The van der Waals surface area contributed by atoms with E-state index in [1.54, 1.807) is 0 Å². The Morgan fingerprint density at radius 1 is 1.33 bits per heavy atom. The molecule has 1 aliphatic rings. The van der Waals surface area contributed by atoms with Crippen molar-refractivity contribution in [2.24, 2.45) is 5.92 Å². The predicted molar refractivity (Wildman–Crippen MR) is 63.1 cm³/mol. The highest BCUT2D eigenvalue weighted by atomic mass is 35.7. The molecule has 0 spiro atoms. The van der Waals surface area contributed by atoms with Gasteiger partial charge in [-0.3, -0.25) is 0 Å². The Morgan fingerprint density at radius 3 is 2.56 bits per heavy atom. The molecule has 0 aromatic heterocycles. The smallest absolute Gasteiger partial charge is 0.236 e. The summed E-state index contributed by atoms with van der Waals surface area (Å²) >= 11 is 0. The van der Waals surface area contributed by atoms with Crippen LogP contribution in [-0.2, 0) is 14.8 Å². The van der Waals surface area contributed by atoms with E-state index in [9.17, 15) is 17.2 Å². The Balaban J connectivity index is 2.27. The normalized spacial score (nSPS) is 15.7. The molecule has 100 valence electrons. The van der Waals surface area contributed by atoms with Crippen molar-refractivity contribution in [1.82, 2.24) is 0 Å². The molecule has 2 rings (SSSR count). The summed E-state index contributed by atoms with van der Waals surface area (Å²) in [5, 5.41) is 0. The topological polar surface area (TPSA) is 43.4 Å². The number of hydrogen-bond donors (Lipinski definition) is 0. The lowest BCUT2D eigenvalue weighted by Crippen LogP contribution is -2.06. The standard InChI is InChI=1S/C11H11ClF2O3S/c12-18(15,16)6-8-3-9(13)4-10(14)11(8)17-5-7-1-2-7/h3-4,7H,1-2,5-6H2. The average Bonchev–Trinajstić information content (AvgIpc) is 2.97. The number of benzene rings is 1. The third kappa shape index (κ3) is 3.81. The molecule has 0 radical (unpaired) electrons. The van der Waals surface area contributed by atoms with E-state index in [0.717, 1.165) is 18.9 Å². The molecule has 0 atom stereocenters. The minimum absolute atomic E-state index is 0.0943. The molecule has 0 amide bonds. The molecule has 1 aliphatic carbocycles. The first kappa shape index (κ1) is 13.5. The van der Waals surface area contributed by atoms with Gasteiger partial charge in [0, 0.05) is 22.3 Å². The van der Waals surface area contributed by atoms with Gasteiger partial charge >= 0.3 is 0 Å². The fourth-order valence-corrected chi connectivity index (χ4v) is 2.49. The van der Waals surface area contributed by atoms with Crippen molar-refractivity contribution in [3.05, 3.63) is 29.3 Å². The Hall–Kier alpha value is -0.880. The van der Waals surface area contributed by atoms with E-state index in [1.165, 1.54) is 0 Å². The van der Waals surface area contributed by atoms with Crippen LogP contribution < -0.4 is 4.74 Å². The molecule has 1 fully saturated rings. The zero-order chi connectivity index (χ0) is 13.3. The maximum Gasteiger partial charge on any atom is 0.236 e. The number of rotatable bonds is 5. The van der Waals surface area contributed by atoms with Crippen molar-refractivity contribution < 1.29 is 21.9 Å². The van der Waals surface area contributed by atoms with Gasteiger partial charge in [0.2, 0.25) is 9.05 Å². The zero-order valence-electron chi connectivity index (χ0n) is 9.33. The van der Waals surface area contributed by atoms with Gasteiger partial charge in [0.15, 0.2) is 11.6 Å². The first-order valence-corrected chi connectivity index (χ1v) is 7.86. The molecule has 3 nitrogen and oxygen atoms in total. The molecular formula is C11H11ClF2O3S. The minimum Gasteiger partial charge on any atom is -0.490 e. The second-order valence-electron chi connectivity index (χ2n) is 4.31. The van der Waals surface area contributed by atoms with Crippen molar-refractivity contribution in [1.29, 1.82) is 0 Å². The van der Waals surface area contributed by atoms with Gasteiger partial charge < -0.3 is 4.74 Å². The molecule has 1 aromatic carbocycles. The van der Waals surface area contributed by atoms with Crippen LogP contribution in [0.3, 0.4) is 0 Å². The van der Waals surface area contributed by atoms with Gasteiger partial charge in [-0.1, -0.05) is 0 Å². The number of hydrogen-bond acceptors (Lipinski definition) is 3. The molecule has 0 aliphatic heterocycles. The first-order valence-electron chi connectivity index (χ1n) is 5.38. The van der Waals surface area contributed by atoms with E-state index < -0.39 is 26.4 Å². The maximum absolute atomic E-state index is 13.6. The van der Waals surface area contributed by atoms with Gasteiger partial charge in [0.05, 0.1) is 12.4 Å². The van der Waals surface area contributed by atoms with Crippen LogP contribution in [0.4, 0.5) is 8.78 Å². The third-order valence-electron chi connectivity index (χ3n) is 2.57. The summed E-state index contributed by atoms with van der Waals surface area (Å²) in [6.45, 7) is 0.303. The summed E-state index contributed by atoms with van der Waals surface area (Å²) in [7, 11) is 1.19. The second-order valence-corrected chi connectivity index (χ2v) is 7.09. The van der Waals surface area contributed by atoms with E-state index in [4.69, 9.17) is 15.4 Å². The molecule has 1 aromatic rings. The fraction of sp³-hybridized carbons (Fsp3) is 0.455. The Bertz CT molecular complexity index is 556. The van der Waals surface area contributed by atoms with Crippen LogP contribution in [0, 0.1) is 17.6 Å². The van der Waals surface area contributed by atoms with Crippen LogP contribution >= 0.6 is 10.7 Å². The van der Waals surface area contributed by atoms with Gasteiger partial charge in [-0.2, -0.15) is 0 Å². The van der Waals surface area contributed by atoms with Crippen LogP contribution in [0.5, 0.6) is 5.75 Å². The largest absolute Gasteiger partial charge is 0.490 e. The zero-order valence-corrected chi connectivity index (χ0v) is 10.9.